The van der Waals surface area contributed by atoms with Crippen LogP contribution >= 0.6 is 0 Å². The van der Waals surface area contributed by atoms with Gasteiger partial charge in [0.1, 0.15) is 17.1 Å². The zero-order chi connectivity index (χ0) is 25.2. The van der Waals surface area contributed by atoms with E-state index in [1.165, 1.54) is 6.07 Å². The van der Waals surface area contributed by atoms with Gasteiger partial charge in [-0.05, 0) is 64.8 Å². The van der Waals surface area contributed by atoms with Crippen LogP contribution in [0, 0.1) is 6.92 Å². The molecule has 1 aliphatic heterocycles. The third kappa shape index (κ3) is 5.98. The maximum atomic E-state index is 13.1. The molecule has 1 saturated heterocycles. The summed E-state index contributed by atoms with van der Waals surface area (Å²) in [4.78, 5) is 46.1. The summed E-state index contributed by atoms with van der Waals surface area (Å²) in [5, 5.41) is 2.95. The highest BCUT2D eigenvalue weighted by Gasteiger charge is 2.28. The van der Waals surface area contributed by atoms with E-state index in [4.69, 9.17) is 4.74 Å². The molecule has 0 bridgehead atoms. The van der Waals surface area contributed by atoms with Crippen molar-refractivity contribution in [1.29, 1.82) is 0 Å². The number of hydrogen-bond donors (Lipinski definition) is 2. The molecule has 9 nitrogen and oxygen atoms in total. The van der Waals surface area contributed by atoms with Gasteiger partial charge in [-0.2, -0.15) is 0 Å². The van der Waals surface area contributed by atoms with Gasteiger partial charge >= 0.3 is 6.09 Å². The van der Waals surface area contributed by atoms with Crippen LogP contribution in [0.15, 0.2) is 53.5 Å². The van der Waals surface area contributed by atoms with E-state index in [2.05, 4.69) is 15.3 Å². The fourth-order valence-corrected chi connectivity index (χ4v) is 4.21. The number of nitrogens with one attached hydrogen (secondary N) is 2. The lowest BCUT2D eigenvalue weighted by Gasteiger charge is -2.34. The number of aryl methyl sites for hydroxylation is 1. The summed E-state index contributed by atoms with van der Waals surface area (Å²) in [5.74, 6) is 0.221. The minimum absolute atomic E-state index is 0.109. The minimum atomic E-state index is -0.526. The molecule has 0 radical (unpaired) electrons. The molecule has 35 heavy (non-hydrogen) atoms. The maximum Gasteiger partial charge on any atom is 0.410 e. The topological polar surface area (TPSA) is 109 Å². The highest BCUT2D eigenvalue weighted by atomic mass is 16.6. The van der Waals surface area contributed by atoms with Crippen LogP contribution in [-0.4, -0.2) is 50.1 Å². The molecule has 0 spiro atoms. The molecule has 9 heteroatoms. The number of piperidine rings is 1. The lowest BCUT2D eigenvalue weighted by Crippen LogP contribution is -2.42. The van der Waals surface area contributed by atoms with Gasteiger partial charge in [0, 0.05) is 48.3 Å². The second kappa shape index (κ2) is 9.77. The first kappa shape index (κ1) is 24.3. The number of likely N-dealkylation sites (tertiary alicyclic amines) is 1. The third-order valence-electron chi connectivity index (χ3n) is 5.78. The summed E-state index contributed by atoms with van der Waals surface area (Å²) >= 11 is 0. The number of rotatable bonds is 4. The van der Waals surface area contributed by atoms with Gasteiger partial charge < -0.3 is 24.5 Å². The summed E-state index contributed by atoms with van der Waals surface area (Å²) in [6, 6.07) is 12.4. The number of aromatic amines is 1. The Morgan fingerprint density at radius 1 is 1.11 bits per heavy atom. The van der Waals surface area contributed by atoms with E-state index in [1.807, 2.05) is 43.7 Å². The number of carbonyl (C=O) groups excluding carboxylic acids is 2. The number of carbonyl (C=O) groups is 2. The second-order valence-corrected chi connectivity index (χ2v) is 9.77. The van der Waals surface area contributed by atoms with Gasteiger partial charge in [0.2, 0.25) is 0 Å². The van der Waals surface area contributed by atoms with Crippen molar-refractivity contribution in [3.63, 3.8) is 0 Å². The maximum absolute atomic E-state index is 13.1. The lowest BCUT2D eigenvalue weighted by molar-refractivity contribution is 0.0187. The summed E-state index contributed by atoms with van der Waals surface area (Å²) in [5.41, 5.74) is 1.72. The average Bonchev–Trinajstić information content (AvgIpc) is 3.28. The second-order valence-electron chi connectivity index (χ2n) is 9.77. The standard InChI is InChI=1S/C26H31N5O4/c1-17-15-22(32)29-23(27-17)18-7-5-8-19(16-18)28-24(33)21-9-6-12-31(21)20-10-13-30(14-11-20)25(34)35-26(2,3)4/h5-9,12,15-16,20H,10-11,13-14H2,1-4H3,(H,28,33)(H,27,29,32). The summed E-state index contributed by atoms with van der Waals surface area (Å²) in [7, 11) is 0. The van der Waals surface area contributed by atoms with Crippen molar-refractivity contribution in [3.05, 3.63) is 70.4 Å². The molecule has 2 amide bonds. The molecule has 0 aliphatic carbocycles. The molecule has 0 saturated carbocycles. The molecule has 2 aromatic heterocycles. The molecular formula is C26H31N5O4. The predicted octanol–water partition coefficient (Wildman–Crippen LogP) is 4.37. The van der Waals surface area contributed by atoms with Crippen LogP contribution in [0.5, 0.6) is 0 Å². The Bertz CT molecular complexity index is 1280. The van der Waals surface area contributed by atoms with Crippen molar-refractivity contribution in [3.8, 4) is 11.4 Å². The molecule has 3 heterocycles. The fraction of sp³-hybridized carbons (Fsp3) is 0.385. The highest BCUT2D eigenvalue weighted by Crippen LogP contribution is 2.26. The number of aromatic nitrogens is 3. The van der Waals surface area contributed by atoms with Gasteiger partial charge in [0.05, 0.1) is 0 Å². The van der Waals surface area contributed by atoms with Crippen molar-refractivity contribution in [2.45, 2.75) is 52.2 Å². The van der Waals surface area contributed by atoms with Gasteiger partial charge in [-0.1, -0.05) is 12.1 Å². The largest absolute Gasteiger partial charge is 0.444 e. The van der Waals surface area contributed by atoms with Crippen molar-refractivity contribution in [2.75, 3.05) is 18.4 Å². The van der Waals surface area contributed by atoms with Crippen LogP contribution in [-0.2, 0) is 4.74 Å². The Hall–Kier alpha value is -3.88. The van der Waals surface area contributed by atoms with E-state index in [0.717, 1.165) is 12.8 Å². The molecular weight excluding hydrogens is 446 g/mol. The van der Waals surface area contributed by atoms with Gasteiger partial charge in [-0.3, -0.25) is 9.59 Å². The van der Waals surface area contributed by atoms with Gasteiger partial charge in [0.15, 0.2) is 0 Å². The van der Waals surface area contributed by atoms with Crippen LogP contribution in [0.1, 0.15) is 55.8 Å². The Morgan fingerprint density at radius 3 is 2.54 bits per heavy atom. The smallest absolute Gasteiger partial charge is 0.410 e. The van der Waals surface area contributed by atoms with E-state index in [1.54, 1.807) is 36.1 Å². The molecule has 2 N–H and O–H groups in total. The van der Waals surface area contributed by atoms with Crippen LogP contribution in [0.3, 0.4) is 0 Å². The molecule has 4 rings (SSSR count). The van der Waals surface area contributed by atoms with E-state index in [9.17, 15) is 14.4 Å². The molecule has 0 atom stereocenters. The monoisotopic (exact) mass is 477 g/mol. The van der Waals surface area contributed by atoms with Gasteiger partial charge in [-0.15, -0.1) is 0 Å². The highest BCUT2D eigenvalue weighted by molar-refractivity contribution is 6.03. The number of nitrogens with zero attached hydrogens (tertiary/aromatic N) is 3. The van der Waals surface area contributed by atoms with Gasteiger partial charge in [0.25, 0.3) is 11.5 Å². The molecule has 3 aromatic rings. The Morgan fingerprint density at radius 2 is 1.86 bits per heavy atom. The summed E-state index contributed by atoms with van der Waals surface area (Å²) in [6.45, 7) is 8.47. The minimum Gasteiger partial charge on any atom is -0.444 e. The first-order valence-corrected chi connectivity index (χ1v) is 11.7. The Kier molecular flexibility index (Phi) is 6.77. The van der Waals surface area contributed by atoms with E-state index in [0.29, 0.717) is 41.6 Å². The summed E-state index contributed by atoms with van der Waals surface area (Å²) < 4.78 is 7.46. The molecule has 1 aromatic carbocycles. The van der Waals surface area contributed by atoms with Crippen LogP contribution in [0.25, 0.3) is 11.4 Å². The number of ether oxygens (including phenoxy) is 1. The number of anilines is 1. The first-order valence-electron chi connectivity index (χ1n) is 11.7. The fourth-order valence-electron chi connectivity index (χ4n) is 4.21. The van der Waals surface area contributed by atoms with Crippen LogP contribution < -0.4 is 10.9 Å². The first-order chi connectivity index (χ1) is 16.6. The zero-order valence-electron chi connectivity index (χ0n) is 20.5. The molecule has 0 unspecified atom stereocenters. The van der Waals surface area contributed by atoms with E-state index < -0.39 is 5.60 Å². The normalized spacial score (nSPS) is 14.6. The Labute approximate surface area is 204 Å². The number of benzene rings is 1. The van der Waals surface area contributed by atoms with Gasteiger partial charge in [-0.25, -0.2) is 9.78 Å². The third-order valence-corrected chi connectivity index (χ3v) is 5.78. The van der Waals surface area contributed by atoms with Crippen LogP contribution in [0.4, 0.5) is 10.5 Å². The SMILES string of the molecule is Cc1cc(=O)[nH]c(-c2cccc(NC(=O)c3cccn3C3CCN(C(=O)OC(C)(C)C)CC3)c2)n1. The van der Waals surface area contributed by atoms with E-state index >= 15 is 0 Å². The van der Waals surface area contributed by atoms with Crippen molar-refractivity contribution >= 4 is 17.7 Å². The Balaban J connectivity index is 1.44. The molecule has 1 fully saturated rings. The summed E-state index contributed by atoms with van der Waals surface area (Å²) in [6.07, 6.45) is 3.07. The number of amides is 2. The number of hydrogen-bond acceptors (Lipinski definition) is 5. The zero-order valence-corrected chi connectivity index (χ0v) is 20.5. The van der Waals surface area contributed by atoms with Crippen molar-refractivity contribution in [2.24, 2.45) is 0 Å². The molecule has 184 valence electrons. The van der Waals surface area contributed by atoms with Crippen molar-refractivity contribution < 1.29 is 14.3 Å². The quantitative estimate of drug-likeness (QED) is 0.580. The van der Waals surface area contributed by atoms with Crippen molar-refractivity contribution in [1.82, 2.24) is 19.4 Å². The average molecular weight is 478 g/mol. The molecule has 1 aliphatic rings. The lowest BCUT2D eigenvalue weighted by atomic mass is 10.0. The predicted molar refractivity (Wildman–Crippen MR) is 133 cm³/mol. The number of H-pyrrole nitrogens is 1. The van der Waals surface area contributed by atoms with E-state index in [-0.39, 0.29) is 23.6 Å². The van der Waals surface area contributed by atoms with Crippen LogP contribution in [0.2, 0.25) is 0 Å².